The van der Waals surface area contributed by atoms with E-state index >= 15 is 0 Å². The number of nitro groups is 1. The number of aromatic nitrogens is 4. The number of anilines is 1. The van der Waals surface area contributed by atoms with Crippen LogP contribution >= 0.6 is 0 Å². The molecule has 0 bridgehead atoms. The minimum absolute atomic E-state index is 0. The van der Waals surface area contributed by atoms with Crippen LogP contribution in [0.25, 0.3) is 0 Å². The van der Waals surface area contributed by atoms with Crippen molar-refractivity contribution in [1.82, 2.24) is 19.1 Å². The van der Waals surface area contributed by atoms with Gasteiger partial charge in [-0.05, 0) is 17.0 Å². The fourth-order valence-electron chi connectivity index (χ4n) is 2.11. The summed E-state index contributed by atoms with van der Waals surface area (Å²) in [6.45, 7) is 15.9. The maximum Gasteiger partial charge on any atom is 0.436 e. The fraction of sp³-hybridized carbons (Fsp3) is 0.684. The van der Waals surface area contributed by atoms with Crippen molar-refractivity contribution in [3.05, 3.63) is 34.9 Å². The molecule has 0 atom stereocenters. The molecule has 2 rings (SSSR count). The summed E-state index contributed by atoms with van der Waals surface area (Å²) in [5.74, 6) is 0.339. The summed E-state index contributed by atoms with van der Waals surface area (Å²) in [4.78, 5) is 17.6. The number of nitrogens with zero attached hydrogens (tertiary/aromatic N) is 5. The average molecular weight is 473 g/mol. The maximum atomic E-state index is 10.5. The van der Waals surface area contributed by atoms with Gasteiger partial charge in [0.1, 0.15) is 19.1 Å². The van der Waals surface area contributed by atoms with Gasteiger partial charge in [0.15, 0.2) is 6.73 Å². The molecule has 178 valence electrons. The number of nitrogens with two attached hydrogens (primary N) is 1. The minimum atomic E-state index is -1.10. The highest BCUT2D eigenvalue weighted by atomic mass is 28.3. The highest BCUT2D eigenvalue weighted by Crippen LogP contribution is 2.10. The molecule has 0 aromatic carbocycles. The summed E-state index contributed by atoms with van der Waals surface area (Å²) in [5, 5.41) is 10.5. The first-order valence-electron chi connectivity index (χ1n) is 9.97. The summed E-state index contributed by atoms with van der Waals surface area (Å²) in [7, 11) is -2.07. The van der Waals surface area contributed by atoms with Crippen LogP contribution in [0, 0.1) is 10.1 Å². The highest BCUT2D eigenvalue weighted by Gasteiger charge is 2.15. The molecule has 0 radical (unpaired) electrons. The molecular formula is C19H40N6O4Si2. The van der Waals surface area contributed by atoms with E-state index < -0.39 is 21.1 Å². The second-order valence-electron chi connectivity index (χ2n) is 9.41. The van der Waals surface area contributed by atoms with Gasteiger partial charge in [-0.25, -0.2) is 9.55 Å². The fourth-order valence-corrected chi connectivity index (χ4v) is 3.62. The lowest BCUT2D eigenvalue weighted by atomic mass is 10.8. The molecule has 2 aromatic heterocycles. The molecule has 0 saturated carbocycles. The third-order valence-corrected chi connectivity index (χ3v) is 7.47. The van der Waals surface area contributed by atoms with Gasteiger partial charge >= 0.3 is 5.95 Å². The van der Waals surface area contributed by atoms with Gasteiger partial charge in [0.25, 0.3) is 0 Å². The highest BCUT2D eigenvalue weighted by molar-refractivity contribution is 6.76. The lowest BCUT2D eigenvalue weighted by Gasteiger charge is -2.15. The first-order chi connectivity index (χ1) is 13.9. The molecule has 2 N–H and O–H groups in total. The molecule has 2 aromatic rings. The Bertz CT molecular complexity index is 768. The van der Waals surface area contributed by atoms with Crippen molar-refractivity contribution in [1.29, 1.82) is 0 Å². The van der Waals surface area contributed by atoms with Crippen molar-refractivity contribution in [3.63, 3.8) is 0 Å². The molecule has 0 aliphatic heterocycles. The van der Waals surface area contributed by atoms with Gasteiger partial charge in [-0.1, -0.05) is 51.7 Å². The van der Waals surface area contributed by atoms with Crippen molar-refractivity contribution < 1.29 is 14.4 Å². The predicted octanol–water partition coefficient (Wildman–Crippen LogP) is 4.52. The van der Waals surface area contributed by atoms with Gasteiger partial charge in [0.2, 0.25) is 5.95 Å². The zero-order chi connectivity index (χ0) is 22.8. The Morgan fingerprint density at radius 2 is 1.39 bits per heavy atom. The van der Waals surface area contributed by atoms with Crippen LogP contribution < -0.4 is 5.73 Å². The predicted molar refractivity (Wildman–Crippen MR) is 130 cm³/mol. The van der Waals surface area contributed by atoms with Crippen LogP contribution in [0.1, 0.15) is 7.43 Å². The molecular weight excluding hydrogens is 432 g/mol. The summed E-state index contributed by atoms with van der Waals surface area (Å²) >= 11 is 0. The van der Waals surface area contributed by atoms with E-state index in [1.165, 1.54) is 16.8 Å². The average Bonchev–Trinajstić information content (AvgIpc) is 3.23. The quantitative estimate of drug-likeness (QED) is 0.221. The van der Waals surface area contributed by atoms with Gasteiger partial charge in [0, 0.05) is 41.8 Å². The number of hydrogen-bond donors (Lipinski definition) is 1. The minimum Gasteiger partial charge on any atom is -0.390 e. The maximum absolute atomic E-state index is 10.5. The molecule has 0 spiro atoms. The molecule has 0 aliphatic carbocycles. The van der Waals surface area contributed by atoms with E-state index in [1.807, 2.05) is 6.20 Å². The van der Waals surface area contributed by atoms with Crippen LogP contribution in [0.2, 0.25) is 51.4 Å². The largest absolute Gasteiger partial charge is 0.436 e. The van der Waals surface area contributed by atoms with E-state index in [1.54, 1.807) is 17.0 Å². The molecule has 0 unspecified atom stereocenters. The first kappa shape index (κ1) is 29.0. The molecule has 31 heavy (non-hydrogen) atoms. The topological polar surface area (TPSA) is 123 Å². The zero-order valence-corrected chi connectivity index (χ0v) is 21.0. The van der Waals surface area contributed by atoms with Gasteiger partial charge in [0.05, 0.1) is 0 Å². The van der Waals surface area contributed by atoms with E-state index in [4.69, 9.17) is 15.2 Å². The Balaban J connectivity index is 0.000000567. The Morgan fingerprint density at radius 3 is 1.81 bits per heavy atom. The van der Waals surface area contributed by atoms with Crippen molar-refractivity contribution in [2.75, 3.05) is 18.9 Å². The van der Waals surface area contributed by atoms with Crippen molar-refractivity contribution in [2.45, 2.75) is 72.3 Å². The van der Waals surface area contributed by atoms with Crippen LogP contribution in [0.3, 0.4) is 0 Å². The van der Waals surface area contributed by atoms with E-state index in [0.29, 0.717) is 19.3 Å². The molecule has 0 amide bonds. The second kappa shape index (κ2) is 13.4. The third kappa shape index (κ3) is 13.1. The van der Waals surface area contributed by atoms with Crippen LogP contribution in [-0.4, -0.2) is 53.4 Å². The monoisotopic (exact) mass is 472 g/mol. The lowest BCUT2D eigenvalue weighted by molar-refractivity contribution is -0.397. The summed E-state index contributed by atoms with van der Waals surface area (Å²) in [6.07, 6.45) is 6.45. The number of rotatable bonds is 11. The molecule has 0 aliphatic rings. The second-order valence-corrected chi connectivity index (χ2v) is 20.6. The Hall–Kier alpha value is -2.03. The number of hydrogen-bond acceptors (Lipinski definition) is 7. The van der Waals surface area contributed by atoms with Crippen LogP contribution in [0.15, 0.2) is 24.8 Å². The molecule has 2 heterocycles. The van der Waals surface area contributed by atoms with Gasteiger partial charge in [-0.15, -0.1) is 0 Å². The Labute approximate surface area is 188 Å². The molecule has 0 fully saturated rings. The van der Waals surface area contributed by atoms with E-state index in [9.17, 15) is 10.1 Å². The van der Waals surface area contributed by atoms with Crippen LogP contribution in [0.5, 0.6) is 0 Å². The number of nitrogen functional groups attached to an aromatic ring is 1. The van der Waals surface area contributed by atoms with Gasteiger partial charge in [-0.2, -0.15) is 0 Å². The number of imidazole rings is 2. The summed E-state index contributed by atoms with van der Waals surface area (Å²) in [6, 6.07) is 2.23. The van der Waals surface area contributed by atoms with Crippen LogP contribution in [-0.2, 0) is 22.9 Å². The normalized spacial score (nSPS) is 11.4. The smallest absolute Gasteiger partial charge is 0.390 e. The lowest BCUT2D eigenvalue weighted by Crippen LogP contribution is -2.22. The molecule has 0 saturated heterocycles. The summed E-state index contributed by atoms with van der Waals surface area (Å²) in [5.41, 5.74) is 5.59. The molecule has 10 nitrogen and oxygen atoms in total. The molecule has 12 heteroatoms. The Morgan fingerprint density at radius 1 is 0.935 bits per heavy atom. The van der Waals surface area contributed by atoms with Crippen molar-refractivity contribution in [3.8, 4) is 0 Å². The SMILES string of the molecule is C.C[Si](C)(C)CCOCn1ccnc1N.C[Si](C)(C)CCOCn1ccnc1[N+](=O)[O-]. The standard InChI is InChI=1S/C9H17N3O3Si.C9H19N3OSi.CH4/c1-16(2,3)7-6-15-8-11-5-4-10-9(11)12(13)14;1-14(2,3)7-6-13-8-12-5-4-11-9(12)10;/h4-5H,6-8H2,1-3H3;4-5H,6-8H2,1-3H3,(H2,10,11);1H4. The van der Waals surface area contributed by atoms with Crippen molar-refractivity contribution in [2.24, 2.45) is 0 Å². The van der Waals surface area contributed by atoms with Gasteiger partial charge < -0.3 is 25.3 Å². The summed E-state index contributed by atoms with van der Waals surface area (Å²) < 4.78 is 14.1. The first-order valence-corrected chi connectivity index (χ1v) is 17.4. The van der Waals surface area contributed by atoms with Crippen LogP contribution in [0.4, 0.5) is 11.9 Å². The van der Waals surface area contributed by atoms with Crippen molar-refractivity contribution >= 4 is 28.0 Å². The third-order valence-electron chi connectivity index (χ3n) is 4.06. The van der Waals surface area contributed by atoms with Gasteiger partial charge in [-0.3, -0.25) is 4.57 Å². The van der Waals surface area contributed by atoms with E-state index in [-0.39, 0.29) is 20.1 Å². The zero-order valence-electron chi connectivity index (χ0n) is 19.0. The Kier molecular flexibility index (Phi) is 12.5. The van der Waals surface area contributed by atoms with E-state index in [2.05, 4.69) is 49.3 Å². The number of ether oxygens (including phenoxy) is 2. The van der Waals surface area contributed by atoms with E-state index in [0.717, 1.165) is 12.7 Å².